The third-order valence-corrected chi connectivity index (χ3v) is 4.54. The van der Waals surface area contributed by atoms with E-state index in [1.807, 2.05) is 14.0 Å². The number of nitrogens with two attached hydrogens (primary N) is 1. The number of carbonyl (C=O) groups is 1. The van der Waals surface area contributed by atoms with Gasteiger partial charge in [0.15, 0.2) is 0 Å². The average Bonchev–Trinajstić information content (AvgIpc) is 2.83. The average molecular weight is 287 g/mol. The first-order chi connectivity index (χ1) is 8.47. The number of nitrogens with zero attached hydrogens (tertiary/aromatic N) is 2. The third kappa shape index (κ3) is 3.96. The van der Waals surface area contributed by atoms with Crippen LogP contribution in [0.4, 0.5) is 0 Å². The summed E-state index contributed by atoms with van der Waals surface area (Å²) in [5, 5.41) is 2.60. The molecule has 1 aromatic rings. The van der Waals surface area contributed by atoms with Gasteiger partial charge in [-0.05, 0) is 32.3 Å². The maximum absolute atomic E-state index is 12.2. The largest absolute Gasteiger partial charge is 0.338 e. The van der Waals surface area contributed by atoms with E-state index in [2.05, 4.69) is 18.2 Å². The van der Waals surface area contributed by atoms with E-state index < -0.39 is 0 Å². The molecule has 1 amide bonds. The zero-order valence-electron chi connectivity index (χ0n) is 11.3. The molecule has 1 aromatic heterocycles. The lowest BCUT2D eigenvalue weighted by atomic mass is 10.2. The molecule has 0 spiro atoms. The number of amides is 1. The van der Waals surface area contributed by atoms with Crippen LogP contribution in [-0.2, 0) is 0 Å². The number of carbonyl (C=O) groups excluding carboxylic acids is 1. The second kappa shape index (κ2) is 7.11. The van der Waals surface area contributed by atoms with Crippen molar-refractivity contribution in [1.82, 2.24) is 9.88 Å². The minimum Gasteiger partial charge on any atom is -0.338 e. The topological polar surface area (TPSA) is 59.2 Å². The van der Waals surface area contributed by atoms with Crippen LogP contribution in [0.2, 0.25) is 0 Å². The first-order valence-corrected chi connectivity index (χ1v) is 8.21. The van der Waals surface area contributed by atoms with Gasteiger partial charge in [-0.15, -0.1) is 11.3 Å². The molecule has 0 saturated heterocycles. The smallest absolute Gasteiger partial charge is 0.273 e. The van der Waals surface area contributed by atoms with Gasteiger partial charge in [-0.25, -0.2) is 4.98 Å². The molecule has 0 aliphatic carbocycles. The van der Waals surface area contributed by atoms with Gasteiger partial charge in [-0.1, -0.05) is 0 Å². The van der Waals surface area contributed by atoms with Crippen molar-refractivity contribution in [2.75, 3.05) is 19.1 Å². The van der Waals surface area contributed by atoms with Crippen molar-refractivity contribution in [1.29, 1.82) is 0 Å². The van der Waals surface area contributed by atoms with Crippen LogP contribution in [0.1, 0.15) is 41.8 Å². The summed E-state index contributed by atoms with van der Waals surface area (Å²) in [5.41, 5.74) is 6.25. The van der Waals surface area contributed by atoms with E-state index in [1.54, 1.807) is 22.0 Å². The Morgan fingerprint density at radius 3 is 2.78 bits per heavy atom. The number of hydrogen-bond donors (Lipinski definition) is 1. The SMILES string of the molecule is CSCCC(C)N(C)C(=O)c1csc(C(C)N)n1. The first-order valence-electron chi connectivity index (χ1n) is 5.94. The molecule has 4 nitrogen and oxygen atoms in total. The summed E-state index contributed by atoms with van der Waals surface area (Å²) in [4.78, 5) is 18.3. The minimum absolute atomic E-state index is 0.0215. The predicted octanol–water partition coefficient (Wildman–Crippen LogP) is 2.38. The highest BCUT2D eigenvalue weighted by molar-refractivity contribution is 7.98. The van der Waals surface area contributed by atoms with Gasteiger partial charge in [0.2, 0.25) is 0 Å². The molecule has 2 atom stereocenters. The van der Waals surface area contributed by atoms with Crippen molar-refractivity contribution >= 4 is 29.0 Å². The maximum atomic E-state index is 12.2. The van der Waals surface area contributed by atoms with Crippen LogP contribution < -0.4 is 5.73 Å². The summed E-state index contributed by atoms with van der Waals surface area (Å²) in [5.74, 6) is 1.03. The van der Waals surface area contributed by atoms with E-state index in [9.17, 15) is 4.79 Å². The number of hydrogen-bond acceptors (Lipinski definition) is 5. The standard InChI is InChI=1S/C12H21N3OS2/c1-8(5-6-17-4)15(3)12(16)10-7-18-11(14-10)9(2)13/h7-9H,5-6,13H2,1-4H3. The molecular weight excluding hydrogens is 266 g/mol. The maximum Gasteiger partial charge on any atom is 0.273 e. The van der Waals surface area contributed by atoms with E-state index >= 15 is 0 Å². The second-order valence-corrected chi connectivity index (χ2v) is 6.28. The van der Waals surface area contributed by atoms with Gasteiger partial charge in [0.25, 0.3) is 5.91 Å². The molecule has 2 unspecified atom stereocenters. The molecule has 0 bridgehead atoms. The quantitative estimate of drug-likeness (QED) is 0.872. The number of rotatable bonds is 6. The van der Waals surface area contributed by atoms with Crippen molar-refractivity contribution in [2.45, 2.75) is 32.4 Å². The Morgan fingerprint density at radius 1 is 1.61 bits per heavy atom. The highest BCUT2D eigenvalue weighted by Gasteiger charge is 2.20. The van der Waals surface area contributed by atoms with Gasteiger partial charge >= 0.3 is 0 Å². The van der Waals surface area contributed by atoms with E-state index in [-0.39, 0.29) is 18.0 Å². The Hall–Kier alpha value is -0.590. The zero-order valence-corrected chi connectivity index (χ0v) is 13.0. The fourth-order valence-corrected chi connectivity index (χ4v) is 2.79. The number of thiazole rings is 1. The molecule has 0 radical (unpaired) electrons. The number of aromatic nitrogens is 1. The number of thioether (sulfide) groups is 1. The molecule has 1 rings (SSSR count). The van der Waals surface area contributed by atoms with Gasteiger partial charge in [-0.3, -0.25) is 4.79 Å². The second-order valence-electron chi connectivity index (χ2n) is 4.41. The van der Waals surface area contributed by atoms with Gasteiger partial charge in [0.1, 0.15) is 10.7 Å². The summed E-state index contributed by atoms with van der Waals surface area (Å²) in [6.07, 6.45) is 3.07. The van der Waals surface area contributed by atoms with Crippen LogP contribution in [0.3, 0.4) is 0 Å². The lowest BCUT2D eigenvalue weighted by Crippen LogP contribution is -2.35. The van der Waals surface area contributed by atoms with Crippen molar-refractivity contribution < 1.29 is 4.79 Å². The summed E-state index contributed by atoms with van der Waals surface area (Å²) in [6, 6.07) is 0.112. The summed E-state index contributed by atoms with van der Waals surface area (Å²) < 4.78 is 0. The fourth-order valence-electron chi connectivity index (χ4n) is 1.46. The molecule has 0 aromatic carbocycles. The molecule has 6 heteroatoms. The van der Waals surface area contributed by atoms with Crippen molar-refractivity contribution in [3.05, 3.63) is 16.1 Å². The lowest BCUT2D eigenvalue weighted by molar-refractivity contribution is 0.0736. The Kier molecular flexibility index (Phi) is 6.11. The molecule has 0 saturated carbocycles. The van der Waals surface area contributed by atoms with Crippen molar-refractivity contribution in [3.8, 4) is 0 Å². The fraction of sp³-hybridized carbons (Fsp3) is 0.667. The van der Waals surface area contributed by atoms with Crippen LogP contribution in [0.25, 0.3) is 0 Å². The molecular formula is C12H21N3OS2. The third-order valence-electron chi connectivity index (χ3n) is 2.85. The lowest BCUT2D eigenvalue weighted by Gasteiger charge is -2.23. The molecule has 2 N–H and O–H groups in total. The Balaban J connectivity index is 2.67. The normalized spacial score (nSPS) is 14.3. The summed E-state index contributed by atoms with van der Waals surface area (Å²) >= 11 is 3.24. The van der Waals surface area contributed by atoms with Crippen molar-refractivity contribution in [2.24, 2.45) is 5.73 Å². The van der Waals surface area contributed by atoms with E-state index in [4.69, 9.17) is 5.73 Å². The van der Waals surface area contributed by atoms with Gasteiger partial charge < -0.3 is 10.6 Å². The van der Waals surface area contributed by atoms with Crippen LogP contribution in [0, 0.1) is 0 Å². The van der Waals surface area contributed by atoms with Gasteiger partial charge in [-0.2, -0.15) is 11.8 Å². The van der Waals surface area contributed by atoms with Crippen LogP contribution >= 0.6 is 23.1 Å². The van der Waals surface area contributed by atoms with E-state index in [0.717, 1.165) is 17.2 Å². The Morgan fingerprint density at radius 2 is 2.28 bits per heavy atom. The van der Waals surface area contributed by atoms with Crippen LogP contribution in [0.5, 0.6) is 0 Å². The van der Waals surface area contributed by atoms with Crippen molar-refractivity contribution in [3.63, 3.8) is 0 Å². The minimum atomic E-state index is -0.115. The highest BCUT2D eigenvalue weighted by Crippen LogP contribution is 2.18. The van der Waals surface area contributed by atoms with Crippen LogP contribution in [0.15, 0.2) is 5.38 Å². The van der Waals surface area contributed by atoms with Gasteiger partial charge in [0.05, 0.1) is 6.04 Å². The molecule has 18 heavy (non-hydrogen) atoms. The molecule has 0 aliphatic heterocycles. The first kappa shape index (κ1) is 15.5. The van der Waals surface area contributed by atoms with Crippen LogP contribution in [-0.4, -0.2) is 40.9 Å². The Labute approximate surface area is 117 Å². The molecule has 1 heterocycles. The molecule has 0 aliphatic rings. The zero-order chi connectivity index (χ0) is 13.7. The van der Waals surface area contributed by atoms with E-state index in [0.29, 0.717) is 5.69 Å². The highest BCUT2D eigenvalue weighted by atomic mass is 32.2. The summed E-state index contributed by atoms with van der Waals surface area (Å²) in [7, 11) is 1.83. The molecule has 102 valence electrons. The Bertz CT molecular complexity index is 392. The monoisotopic (exact) mass is 287 g/mol. The molecule has 0 fully saturated rings. The van der Waals surface area contributed by atoms with E-state index in [1.165, 1.54) is 11.3 Å². The predicted molar refractivity (Wildman–Crippen MR) is 79.3 cm³/mol. The van der Waals surface area contributed by atoms with Gasteiger partial charge in [0, 0.05) is 18.5 Å². The summed E-state index contributed by atoms with van der Waals surface area (Å²) in [6.45, 7) is 3.94.